The van der Waals surface area contributed by atoms with Gasteiger partial charge in [-0.3, -0.25) is 9.78 Å². The largest absolute Gasteiger partial charge is 0.417 e. The second-order valence-electron chi connectivity index (χ2n) is 5.22. The minimum atomic E-state index is -4.58. The van der Waals surface area contributed by atoms with E-state index in [1.807, 2.05) is 0 Å². The Morgan fingerprint density at radius 3 is 2.64 bits per heavy atom. The highest BCUT2D eigenvalue weighted by molar-refractivity contribution is 6.31. The van der Waals surface area contributed by atoms with Crippen molar-refractivity contribution in [1.82, 2.24) is 4.98 Å². The minimum absolute atomic E-state index is 0.151. The Bertz CT molecular complexity index is 672. The highest BCUT2D eigenvalue weighted by atomic mass is 35.5. The summed E-state index contributed by atoms with van der Waals surface area (Å²) in [5.74, 6) is -1.45. The van der Waals surface area contributed by atoms with Crippen LogP contribution in [0.25, 0.3) is 0 Å². The van der Waals surface area contributed by atoms with Gasteiger partial charge >= 0.3 is 6.18 Å². The van der Waals surface area contributed by atoms with Crippen molar-refractivity contribution in [2.24, 2.45) is 5.92 Å². The van der Waals surface area contributed by atoms with E-state index in [1.165, 1.54) is 6.08 Å². The fourth-order valence-electron chi connectivity index (χ4n) is 2.04. The topological polar surface area (TPSA) is 53.8 Å². The maximum Gasteiger partial charge on any atom is 0.417 e. The van der Waals surface area contributed by atoms with E-state index in [9.17, 15) is 18.0 Å². The lowest BCUT2D eigenvalue weighted by Crippen LogP contribution is -2.13. The van der Waals surface area contributed by atoms with Crippen LogP contribution in [-0.2, 0) is 11.0 Å². The van der Waals surface area contributed by atoms with E-state index in [2.05, 4.69) is 4.98 Å². The Labute approximate surface area is 130 Å². The number of aromatic nitrogens is 1. The van der Waals surface area contributed by atoms with Gasteiger partial charge in [-0.05, 0) is 37.8 Å². The molecule has 1 atom stereocenters. The molecule has 1 fully saturated rings. The fraction of sp³-hybridized carbons (Fsp3) is 0.400. The van der Waals surface area contributed by atoms with E-state index in [0.29, 0.717) is 18.2 Å². The molecule has 0 unspecified atom stereocenters. The zero-order valence-electron chi connectivity index (χ0n) is 11.6. The second kappa shape index (κ2) is 6.09. The molecule has 0 aromatic carbocycles. The van der Waals surface area contributed by atoms with Crippen molar-refractivity contribution >= 4 is 17.4 Å². The number of ketones is 1. The molecule has 2 rings (SSSR count). The Balaban J connectivity index is 2.30. The number of rotatable bonds is 4. The molecule has 1 aliphatic rings. The molecule has 1 aromatic rings. The molecule has 1 aliphatic carbocycles. The molecule has 3 nitrogen and oxygen atoms in total. The summed E-state index contributed by atoms with van der Waals surface area (Å²) in [7, 11) is 0. The summed E-state index contributed by atoms with van der Waals surface area (Å²) in [6.45, 7) is 1.80. The number of hydrogen-bond acceptors (Lipinski definition) is 3. The quantitative estimate of drug-likeness (QED) is 0.775. The molecule has 0 bridgehead atoms. The number of halogens is 4. The van der Waals surface area contributed by atoms with Crippen LogP contribution in [-0.4, -0.2) is 10.8 Å². The van der Waals surface area contributed by atoms with Crippen molar-refractivity contribution < 1.29 is 18.0 Å². The average molecular weight is 329 g/mol. The minimum Gasteiger partial charge on any atom is -0.293 e. The van der Waals surface area contributed by atoms with Crippen LogP contribution in [0.15, 0.2) is 23.9 Å². The maximum absolute atomic E-state index is 12.6. The normalized spacial score (nSPS) is 17.0. The van der Waals surface area contributed by atoms with Gasteiger partial charge in [-0.15, -0.1) is 0 Å². The molecule has 0 amide bonds. The summed E-state index contributed by atoms with van der Waals surface area (Å²) in [4.78, 5) is 15.7. The zero-order valence-corrected chi connectivity index (χ0v) is 12.4. The summed E-state index contributed by atoms with van der Waals surface area (Å²) in [5, 5.41) is 8.81. The van der Waals surface area contributed by atoms with Gasteiger partial charge in [0.15, 0.2) is 11.7 Å². The second-order valence-corrected chi connectivity index (χ2v) is 5.62. The van der Waals surface area contributed by atoms with Gasteiger partial charge < -0.3 is 0 Å². The molecule has 1 heterocycles. The van der Waals surface area contributed by atoms with Crippen LogP contribution in [0.4, 0.5) is 13.2 Å². The summed E-state index contributed by atoms with van der Waals surface area (Å²) < 4.78 is 37.7. The Morgan fingerprint density at radius 1 is 1.55 bits per heavy atom. The van der Waals surface area contributed by atoms with Gasteiger partial charge in [0, 0.05) is 6.20 Å². The number of nitrogens with zero attached hydrogens (tertiary/aromatic N) is 2. The summed E-state index contributed by atoms with van der Waals surface area (Å²) in [6.07, 6.45) is -0.625. The van der Waals surface area contributed by atoms with Crippen molar-refractivity contribution in [2.45, 2.75) is 31.9 Å². The smallest absolute Gasteiger partial charge is 0.293 e. The Hall–Kier alpha value is -1.87. The lowest BCUT2D eigenvalue weighted by atomic mass is 9.98. The first-order chi connectivity index (χ1) is 10.2. The number of nitriles is 1. The molecule has 0 N–H and O–H groups in total. The third-order valence-electron chi connectivity index (χ3n) is 3.48. The summed E-state index contributed by atoms with van der Waals surface area (Å²) in [6, 6.07) is 2.44. The summed E-state index contributed by atoms with van der Waals surface area (Å²) in [5.41, 5.74) is -0.301. The SMILES string of the molecule is C/C(=C/C(=O)[C@@H](C#N)c1ncc(C(F)(F)F)cc1Cl)C1CC1. The number of carbonyl (C=O) groups excluding carboxylic acids is 1. The molecule has 0 aliphatic heterocycles. The number of carbonyl (C=O) groups is 1. The van der Waals surface area contributed by atoms with Gasteiger partial charge in [-0.2, -0.15) is 18.4 Å². The molecule has 0 radical (unpaired) electrons. The first kappa shape index (κ1) is 16.5. The molecular formula is C15H12ClF3N2O. The predicted octanol–water partition coefficient (Wildman–Crippen LogP) is 4.29. The fourth-order valence-corrected chi connectivity index (χ4v) is 2.32. The van der Waals surface area contributed by atoms with Gasteiger partial charge in [-0.25, -0.2) is 0 Å². The molecule has 1 aromatic heterocycles. The standard InChI is InChI=1S/C15H12ClF3N2O/c1-8(9-2-3-9)4-13(22)11(6-20)14-12(16)5-10(7-21-14)15(17,18)19/h4-5,7,9,11H,2-3H2,1H3/b8-4-/t11-/m1/s1. The Morgan fingerprint density at radius 2 is 2.18 bits per heavy atom. The zero-order chi connectivity index (χ0) is 16.5. The molecule has 0 spiro atoms. The average Bonchev–Trinajstić information content (AvgIpc) is 3.24. The first-order valence-corrected chi connectivity index (χ1v) is 6.96. The number of allylic oxidation sites excluding steroid dienone is 2. The van der Waals surface area contributed by atoms with Crippen LogP contribution in [0, 0.1) is 17.2 Å². The predicted molar refractivity (Wildman–Crippen MR) is 74.1 cm³/mol. The van der Waals surface area contributed by atoms with Gasteiger partial charge in [0.1, 0.15) is 0 Å². The number of pyridine rings is 1. The van der Waals surface area contributed by atoms with Crippen molar-refractivity contribution in [3.63, 3.8) is 0 Å². The van der Waals surface area contributed by atoms with E-state index < -0.39 is 23.4 Å². The van der Waals surface area contributed by atoms with Crippen LogP contribution < -0.4 is 0 Å². The number of hydrogen-bond donors (Lipinski definition) is 0. The van der Waals surface area contributed by atoms with Crippen molar-refractivity contribution in [2.75, 3.05) is 0 Å². The highest BCUT2D eigenvalue weighted by Crippen LogP contribution is 2.37. The van der Waals surface area contributed by atoms with Gasteiger partial charge in [0.2, 0.25) is 0 Å². The lowest BCUT2D eigenvalue weighted by Gasteiger charge is -2.11. The van der Waals surface area contributed by atoms with Crippen LogP contribution in [0.2, 0.25) is 5.02 Å². The monoisotopic (exact) mass is 328 g/mol. The van der Waals surface area contributed by atoms with Crippen LogP contribution >= 0.6 is 11.6 Å². The van der Waals surface area contributed by atoms with Gasteiger partial charge in [0.25, 0.3) is 0 Å². The maximum atomic E-state index is 12.6. The number of alkyl halides is 3. The van der Waals surface area contributed by atoms with Crippen LogP contribution in [0.5, 0.6) is 0 Å². The molecular weight excluding hydrogens is 317 g/mol. The van der Waals surface area contributed by atoms with Gasteiger partial charge in [-0.1, -0.05) is 17.2 Å². The van der Waals surface area contributed by atoms with Crippen LogP contribution in [0.1, 0.15) is 36.9 Å². The van der Waals surface area contributed by atoms with E-state index >= 15 is 0 Å². The third kappa shape index (κ3) is 3.66. The summed E-state index contributed by atoms with van der Waals surface area (Å²) >= 11 is 5.78. The molecule has 22 heavy (non-hydrogen) atoms. The third-order valence-corrected chi connectivity index (χ3v) is 3.78. The van der Waals surface area contributed by atoms with Crippen molar-refractivity contribution in [1.29, 1.82) is 5.26 Å². The van der Waals surface area contributed by atoms with E-state index in [-0.39, 0.29) is 10.7 Å². The van der Waals surface area contributed by atoms with Crippen molar-refractivity contribution in [3.8, 4) is 6.07 Å². The molecule has 7 heteroatoms. The van der Waals surface area contributed by atoms with Gasteiger partial charge in [0.05, 0.1) is 22.3 Å². The van der Waals surface area contributed by atoms with E-state index in [1.54, 1.807) is 13.0 Å². The Kier molecular flexibility index (Phi) is 4.57. The van der Waals surface area contributed by atoms with E-state index in [4.69, 9.17) is 16.9 Å². The molecule has 0 saturated heterocycles. The van der Waals surface area contributed by atoms with Crippen molar-refractivity contribution in [3.05, 3.63) is 40.2 Å². The first-order valence-electron chi connectivity index (χ1n) is 6.58. The van der Waals surface area contributed by atoms with E-state index in [0.717, 1.165) is 18.4 Å². The molecule has 1 saturated carbocycles. The highest BCUT2D eigenvalue weighted by Gasteiger charge is 2.33. The lowest BCUT2D eigenvalue weighted by molar-refractivity contribution is -0.137. The molecule has 116 valence electrons. The van der Waals surface area contributed by atoms with Crippen LogP contribution in [0.3, 0.4) is 0 Å².